The minimum atomic E-state index is -0.405. The summed E-state index contributed by atoms with van der Waals surface area (Å²) in [6.07, 6.45) is 1.48. The Morgan fingerprint density at radius 3 is 2.35 bits per heavy atom. The van der Waals surface area contributed by atoms with E-state index in [4.69, 9.17) is 27.9 Å². The number of carbonyl (C=O) groups excluding carboxylic acids is 1. The molecule has 2 aromatic rings. The molecular weight excluding hydrogens is 335 g/mol. The van der Waals surface area contributed by atoms with Crippen molar-refractivity contribution in [3.8, 4) is 5.75 Å². The standard InChI is InChI=1S/C17H16Cl2N2O2/c1-11(2)23-16-14(18)8-13(9-15(16)19)17(22)21-20-10-12-6-4-3-5-7-12/h3-11H,1-2H3,(H,21,22)/b20-10+. The molecule has 2 rings (SSSR count). The Bertz CT molecular complexity index is 693. The molecule has 0 aromatic heterocycles. The molecule has 0 saturated carbocycles. The molecule has 0 heterocycles. The molecule has 1 N–H and O–H groups in total. The average molecular weight is 351 g/mol. The fraction of sp³-hybridized carbons (Fsp3) is 0.176. The van der Waals surface area contributed by atoms with Gasteiger partial charge in [0.15, 0.2) is 5.75 Å². The van der Waals surface area contributed by atoms with Crippen LogP contribution >= 0.6 is 23.2 Å². The molecule has 2 aromatic carbocycles. The van der Waals surface area contributed by atoms with Gasteiger partial charge in [-0.05, 0) is 31.5 Å². The first kappa shape index (κ1) is 17.3. The number of hydrogen-bond donors (Lipinski definition) is 1. The van der Waals surface area contributed by atoms with Gasteiger partial charge in [0.1, 0.15) is 0 Å². The van der Waals surface area contributed by atoms with Gasteiger partial charge in [0.2, 0.25) is 0 Å². The number of ether oxygens (including phenoxy) is 1. The number of hydrazone groups is 1. The Hall–Kier alpha value is -2.04. The van der Waals surface area contributed by atoms with Crippen LogP contribution in [0.25, 0.3) is 0 Å². The first-order valence-electron chi connectivity index (χ1n) is 7.01. The zero-order chi connectivity index (χ0) is 16.8. The third-order valence-electron chi connectivity index (χ3n) is 2.79. The monoisotopic (exact) mass is 350 g/mol. The third-order valence-corrected chi connectivity index (χ3v) is 3.35. The molecule has 120 valence electrons. The zero-order valence-electron chi connectivity index (χ0n) is 12.7. The van der Waals surface area contributed by atoms with E-state index in [2.05, 4.69) is 10.5 Å². The fourth-order valence-corrected chi connectivity index (χ4v) is 2.38. The number of rotatable bonds is 5. The highest BCUT2D eigenvalue weighted by molar-refractivity contribution is 6.37. The largest absolute Gasteiger partial charge is 0.488 e. The summed E-state index contributed by atoms with van der Waals surface area (Å²) in [5.41, 5.74) is 3.62. The molecule has 0 radical (unpaired) electrons. The topological polar surface area (TPSA) is 50.7 Å². The van der Waals surface area contributed by atoms with Crippen molar-refractivity contribution in [3.05, 3.63) is 63.6 Å². The van der Waals surface area contributed by atoms with Crippen molar-refractivity contribution >= 4 is 35.3 Å². The van der Waals surface area contributed by atoms with E-state index in [-0.39, 0.29) is 16.1 Å². The molecule has 23 heavy (non-hydrogen) atoms. The molecule has 0 fully saturated rings. The summed E-state index contributed by atoms with van der Waals surface area (Å²) >= 11 is 12.2. The van der Waals surface area contributed by atoms with Gasteiger partial charge in [-0.25, -0.2) is 5.43 Å². The predicted molar refractivity (Wildman–Crippen MR) is 93.7 cm³/mol. The van der Waals surface area contributed by atoms with Gasteiger partial charge in [0, 0.05) is 5.56 Å². The smallest absolute Gasteiger partial charge is 0.271 e. The van der Waals surface area contributed by atoms with Crippen LogP contribution in [-0.4, -0.2) is 18.2 Å². The van der Waals surface area contributed by atoms with Gasteiger partial charge >= 0.3 is 0 Å². The maximum absolute atomic E-state index is 12.1. The molecule has 0 bridgehead atoms. The van der Waals surface area contributed by atoms with Crippen molar-refractivity contribution in [2.45, 2.75) is 20.0 Å². The summed E-state index contributed by atoms with van der Waals surface area (Å²) in [5, 5.41) is 4.47. The highest BCUT2D eigenvalue weighted by Gasteiger charge is 2.14. The number of benzene rings is 2. The van der Waals surface area contributed by atoms with Gasteiger partial charge in [-0.15, -0.1) is 0 Å². The zero-order valence-corrected chi connectivity index (χ0v) is 14.2. The Morgan fingerprint density at radius 1 is 1.17 bits per heavy atom. The van der Waals surface area contributed by atoms with Crippen LogP contribution < -0.4 is 10.2 Å². The summed E-state index contributed by atoms with van der Waals surface area (Å²) < 4.78 is 5.52. The SMILES string of the molecule is CC(C)Oc1c(Cl)cc(C(=O)N/N=C/c2ccccc2)cc1Cl. The van der Waals surface area contributed by atoms with Gasteiger partial charge in [-0.1, -0.05) is 53.5 Å². The van der Waals surface area contributed by atoms with Gasteiger partial charge in [-0.2, -0.15) is 5.10 Å². The van der Waals surface area contributed by atoms with Gasteiger partial charge in [-0.3, -0.25) is 4.79 Å². The quantitative estimate of drug-likeness (QED) is 0.635. The maximum Gasteiger partial charge on any atom is 0.271 e. The molecule has 0 saturated heterocycles. The van der Waals surface area contributed by atoms with E-state index in [1.54, 1.807) is 6.21 Å². The lowest BCUT2D eigenvalue weighted by Crippen LogP contribution is -2.18. The summed E-state index contributed by atoms with van der Waals surface area (Å²) in [6, 6.07) is 12.4. The number of amides is 1. The lowest BCUT2D eigenvalue weighted by Gasteiger charge is -2.13. The van der Waals surface area contributed by atoms with Gasteiger partial charge in [0.05, 0.1) is 22.4 Å². The second kappa shape index (κ2) is 7.99. The predicted octanol–water partition coefficient (Wildman–Crippen LogP) is 4.54. The average Bonchev–Trinajstić information content (AvgIpc) is 2.51. The van der Waals surface area contributed by atoms with Crippen LogP contribution in [0.4, 0.5) is 0 Å². The molecule has 4 nitrogen and oxygen atoms in total. The Morgan fingerprint density at radius 2 is 1.78 bits per heavy atom. The minimum absolute atomic E-state index is 0.0693. The van der Waals surface area contributed by atoms with E-state index in [1.807, 2.05) is 44.2 Å². The van der Waals surface area contributed by atoms with E-state index >= 15 is 0 Å². The number of hydrogen-bond acceptors (Lipinski definition) is 3. The van der Waals surface area contributed by atoms with Crippen LogP contribution in [-0.2, 0) is 0 Å². The highest BCUT2D eigenvalue weighted by atomic mass is 35.5. The normalized spacial score (nSPS) is 11.0. The summed E-state index contributed by atoms with van der Waals surface area (Å²) in [7, 11) is 0. The van der Waals surface area contributed by atoms with Crippen LogP contribution in [0.15, 0.2) is 47.6 Å². The highest BCUT2D eigenvalue weighted by Crippen LogP contribution is 2.34. The molecule has 1 amide bonds. The molecule has 0 spiro atoms. The van der Waals surface area contributed by atoms with Crippen LogP contribution in [0.2, 0.25) is 10.0 Å². The number of halogens is 2. The van der Waals surface area contributed by atoms with Crippen molar-refractivity contribution in [1.29, 1.82) is 0 Å². The van der Waals surface area contributed by atoms with E-state index in [0.717, 1.165) is 5.56 Å². The summed E-state index contributed by atoms with van der Waals surface area (Å²) in [4.78, 5) is 12.1. The van der Waals surface area contributed by atoms with E-state index in [0.29, 0.717) is 11.3 Å². The summed E-state index contributed by atoms with van der Waals surface area (Å²) in [6.45, 7) is 3.73. The molecule has 0 aliphatic heterocycles. The molecule has 0 unspecified atom stereocenters. The van der Waals surface area contributed by atoms with Gasteiger partial charge in [0.25, 0.3) is 5.91 Å². The third kappa shape index (κ3) is 4.98. The van der Waals surface area contributed by atoms with Crippen LogP contribution in [0.1, 0.15) is 29.8 Å². The second-order valence-electron chi connectivity index (χ2n) is 5.05. The fourth-order valence-electron chi connectivity index (χ4n) is 1.81. The number of nitrogens with zero attached hydrogens (tertiary/aromatic N) is 1. The van der Waals surface area contributed by atoms with Crippen molar-refractivity contribution in [2.24, 2.45) is 5.10 Å². The van der Waals surface area contributed by atoms with Gasteiger partial charge < -0.3 is 4.74 Å². The minimum Gasteiger partial charge on any atom is -0.488 e. The Balaban J connectivity index is 2.09. The molecule has 0 aliphatic rings. The molecular formula is C17H16Cl2N2O2. The first-order chi connectivity index (χ1) is 11.0. The molecule has 6 heteroatoms. The lowest BCUT2D eigenvalue weighted by molar-refractivity contribution is 0.0955. The van der Waals surface area contributed by atoms with E-state index < -0.39 is 5.91 Å². The van der Waals surface area contributed by atoms with Crippen molar-refractivity contribution in [1.82, 2.24) is 5.43 Å². The number of carbonyl (C=O) groups is 1. The van der Waals surface area contributed by atoms with E-state index in [9.17, 15) is 4.79 Å². The maximum atomic E-state index is 12.1. The van der Waals surface area contributed by atoms with Crippen LogP contribution in [0.3, 0.4) is 0 Å². The number of nitrogens with one attached hydrogen (secondary N) is 1. The second-order valence-corrected chi connectivity index (χ2v) is 5.86. The van der Waals surface area contributed by atoms with Crippen molar-refractivity contribution < 1.29 is 9.53 Å². The Labute approximate surface area is 145 Å². The Kier molecular flexibility index (Phi) is 6.02. The first-order valence-corrected chi connectivity index (χ1v) is 7.77. The van der Waals surface area contributed by atoms with Crippen molar-refractivity contribution in [3.63, 3.8) is 0 Å². The molecule has 0 atom stereocenters. The lowest BCUT2D eigenvalue weighted by atomic mass is 10.2. The van der Waals surface area contributed by atoms with Crippen LogP contribution in [0.5, 0.6) is 5.75 Å². The van der Waals surface area contributed by atoms with Crippen molar-refractivity contribution in [2.75, 3.05) is 0 Å². The summed E-state index contributed by atoms with van der Waals surface area (Å²) in [5.74, 6) is -0.0373. The molecule has 0 aliphatic carbocycles. The van der Waals surface area contributed by atoms with Crippen LogP contribution in [0, 0.1) is 0 Å². The van der Waals surface area contributed by atoms with E-state index in [1.165, 1.54) is 12.1 Å².